The Balaban J connectivity index is 2.29. The van der Waals surface area contributed by atoms with Gasteiger partial charge in [-0.3, -0.25) is 0 Å². The topological polar surface area (TPSA) is 65.1 Å². The van der Waals surface area contributed by atoms with Gasteiger partial charge in [-0.05, 0) is 30.4 Å². The van der Waals surface area contributed by atoms with E-state index in [-0.39, 0.29) is 10.3 Å². The second kappa shape index (κ2) is 7.07. The predicted molar refractivity (Wildman–Crippen MR) is 87.5 cm³/mol. The second-order valence-corrected chi connectivity index (χ2v) is 8.21. The summed E-state index contributed by atoms with van der Waals surface area (Å²) in [6.07, 6.45) is 1.70. The molecule has 6 nitrogen and oxygen atoms in total. The SMILES string of the molecule is COc1ccc(OC)c(S(=O)(=O)N(C)CC2(C)CCOCC2)c1. The van der Waals surface area contributed by atoms with Crippen LogP contribution in [0.2, 0.25) is 0 Å². The number of nitrogens with zero attached hydrogens (tertiary/aromatic N) is 1. The molecule has 7 heteroatoms. The fourth-order valence-electron chi connectivity index (χ4n) is 2.80. The Labute approximate surface area is 138 Å². The van der Waals surface area contributed by atoms with Crippen LogP contribution in [0.5, 0.6) is 11.5 Å². The number of sulfonamides is 1. The van der Waals surface area contributed by atoms with Gasteiger partial charge in [0, 0.05) is 32.9 Å². The van der Waals surface area contributed by atoms with Gasteiger partial charge in [0.1, 0.15) is 16.4 Å². The molecule has 130 valence electrons. The van der Waals surface area contributed by atoms with Gasteiger partial charge in [-0.2, -0.15) is 0 Å². The van der Waals surface area contributed by atoms with Crippen LogP contribution in [0.15, 0.2) is 23.1 Å². The fraction of sp³-hybridized carbons (Fsp3) is 0.625. The summed E-state index contributed by atoms with van der Waals surface area (Å²) in [5.41, 5.74) is -0.0772. The summed E-state index contributed by atoms with van der Waals surface area (Å²) < 4.78 is 43.0. The Hall–Kier alpha value is -1.31. The van der Waals surface area contributed by atoms with E-state index in [1.807, 2.05) is 0 Å². The number of rotatable bonds is 6. The first-order valence-electron chi connectivity index (χ1n) is 7.58. The highest BCUT2D eigenvalue weighted by atomic mass is 32.2. The van der Waals surface area contributed by atoms with Crippen LogP contribution in [0.4, 0.5) is 0 Å². The van der Waals surface area contributed by atoms with Gasteiger partial charge in [-0.15, -0.1) is 0 Å². The number of methoxy groups -OCH3 is 2. The number of ether oxygens (including phenoxy) is 3. The molecule has 2 rings (SSSR count). The maximum absolute atomic E-state index is 13.0. The highest BCUT2D eigenvalue weighted by Gasteiger charge is 2.34. The van der Waals surface area contributed by atoms with E-state index in [0.717, 1.165) is 12.8 Å². The number of hydrogen-bond acceptors (Lipinski definition) is 5. The number of benzene rings is 1. The lowest BCUT2D eigenvalue weighted by Gasteiger charge is -2.36. The van der Waals surface area contributed by atoms with Crippen molar-refractivity contribution >= 4 is 10.0 Å². The minimum atomic E-state index is -3.66. The second-order valence-electron chi connectivity index (χ2n) is 6.20. The average molecular weight is 343 g/mol. The van der Waals surface area contributed by atoms with Crippen LogP contribution in [-0.2, 0) is 14.8 Å². The summed E-state index contributed by atoms with van der Waals surface area (Å²) in [4.78, 5) is 0.123. The van der Waals surface area contributed by atoms with Crippen LogP contribution in [0, 0.1) is 5.41 Å². The predicted octanol–water partition coefficient (Wildman–Crippen LogP) is 2.14. The van der Waals surface area contributed by atoms with Crippen molar-refractivity contribution in [2.24, 2.45) is 5.41 Å². The van der Waals surface area contributed by atoms with Crippen LogP contribution in [0.1, 0.15) is 19.8 Å². The summed E-state index contributed by atoms with van der Waals surface area (Å²) in [7, 11) is 0.906. The lowest BCUT2D eigenvalue weighted by molar-refractivity contribution is 0.0174. The van der Waals surface area contributed by atoms with Gasteiger partial charge in [0.25, 0.3) is 0 Å². The first-order chi connectivity index (χ1) is 10.8. The molecule has 0 aliphatic carbocycles. The minimum Gasteiger partial charge on any atom is -0.497 e. The average Bonchev–Trinajstić information content (AvgIpc) is 2.54. The summed E-state index contributed by atoms with van der Waals surface area (Å²) in [6, 6.07) is 4.78. The molecular formula is C16H25NO5S. The Morgan fingerprint density at radius 1 is 1.22 bits per heavy atom. The molecule has 0 unspecified atom stereocenters. The van der Waals surface area contributed by atoms with Gasteiger partial charge >= 0.3 is 0 Å². The molecule has 1 aliphatic heterocycles. The normalized spacial score (nSPS) is 18.0. The largest absolute Gasteiger partial charge is 0.497 e. The standard InChI is InChI=1S/C16H25NO5S/c1-16(7-9-22-10-8-16)12-17(2)23(18,19)15-11-13(20-3)5-6-14(15)21-4/h5-6,11H,7-10,12H2,1-4H3. The van der Waals surface area contributed by atoms with Gasteiger partial charge < -0.3 is 14.2 Å². The Bertz CT molecular complexity index is 638. The van der Waals surface area contributed by atoms with Crippen molar-refractivity contribution in [3.05, 3.63) is 18.2 Å². The summed E-state index contributed by atoms with van der Waals surface area (Å²) in [5, 5.41) is 0. The van der Waals surface area contributed by atoms with Crippen LogP contribution >= 0.6 is 0 Å². The highest BCUT2D eigenvalue weighted by molar-refractivity contribution is 7.89. The molecule has 0 N–H and O–H groups in total. The zero-order valence-electron chi connectivity index (χ0n) is 14.2. The third-order valence-corrected chi connectivity index (χ3v) is 6.19. The van der Waals surface area contributed by atoms with E-state index in [9.17, 15) is 8.42 Å². The molecule has 1 aliphatic rings. The maximum Gasteiger partial charge on any atom is 0.246 e. The molecule has 0 spiro atoms. The van der Waals surface area contributed by atoms with Crippen LogP contribution in [0.25, 0.3) is 0 Å². The van der Waals surface area contributed by atoms with Crippen molar-refractivity contribution in [3.63, 3.8) is 0 Å². The molecule has 0 aromatic heterocycles. The molecule has 1 heterocycles. The van der Waals surface area contributed by atoms with Crippen molar-refractivity contribution < 1.29 is 22.6 Å². The summed E-state index contributed by atoms with van der Waals surface area (Å²) in [5.74, 6) is 0.796. The smallest absolute Gasteiger partial charge is 0.246 e. The highest BCUT2D eigenvalue weighted by Crippen LogP contribution is 2.34. The molecular weight excluding hydrogens is 318 g/mol. The van der Waals surface area contributed by atoms with Crippen LogP contribution < -0.4 is 9.47 Å². The fourth-order valence-corrected chi connectivity index (χ4v) is 4.29. The van der Waals surface area contributed by atoms with Crippen LogP contribution in [0.3, 0.4) is 0 Å². The van der Waals surface area contributed by atoms with Gasteiger partial charge in [-0.25, -0.2) is 12.7 Å². The molecule has 1 saturated heterocycles. The van der Waals surface area contributed by atoms with Gasteiger partial charge in [-0.1, -0.05) is 6.92 Å². The molecule has 23 heavy (non-hydrogen) atoms. The molecule has 0 amide bonds. The zero-order chi connectivity index (χ0) is 17.1. The van der Waals surface area contributed by atoms with E-state index in [2.05, 4.69) is 6.92 Å². The first-order valence-corrected chi connectivity index (χ1v) is 9.02. The first kappa shape index (κ1) is 18.0. The lowest BCUT2D eigenvalue weighted by Crippen LogP contribution is -2.40. The molecule has 0 saturated carbocycles. The molecule has 0 radical (unpaired) electrons. The van der Waals surface area contributed by atoms with Gasteiger partial charge in [0.2, 0.25) is 10.0 Å². The van der Waals surface area contributed by atoms with E-state index in [0.29, 0.717) is 31.3 Å². The lowest BCUT2D eigenvalue weighted by atomic mass is 9.82. The summed E-state index contributed by atoms with van der Waals surface area (Å²) in [6.45, 7) is 3.89. The van der Waals surface area contributed by atoms with E-state index < -0.39 is 10.0 Å². The van der Waals surface area contributed by atoms with Gasteiger partial charge in [0.15, 0.2) is 0 Å². The van der Waals surface area contributed by atoms with Gasteiger partial charge in [0.05, 0.1) is 14.2 Å². The Morgan fingerprint density at radius 2 is 1.87 bits per heavy atom. The monoisotopic (exact) mass is 343 g/mol. The Morgan fingerprint density at radius 3 is 2.43 bits per heavy atom. The van der Waals surface area contributed by atoms with Crippen molar-refractivity contribution in [2.75, 3.05) is 41.0 Å². The number of hydrogen-bond donors (Lipinski definition) is 0. The van der Waals surface area contributed by atoms with Crippen molar-refractivity contribution in [1.82, 2.24) is 4.31 Å². The third-order valence-electron chi connectivity index (χ3n) is 4.36. The molecule has 1 fully saturated rings. The Kier molecular flexibility index (Phi) is 5.54. The van der Waals surface area contributed by atoms with Crippen molar-refractivity contribution in [3.8, 4) is 11.5 Å². The minimum absolute atomic E-state index is 0.0772. The van der Waals surface area contributed by atoms with Crippen molar-refractivity contribution in [1.29, 1.82) is 0 Å². The van der Waals surface area contributed by atoms with E-state index in [4.69, 9.17) is 14.2 Å². The molecule has 0 atom stereocenters. The quantitative estimate of drug-likeness (QED) is 0.792. The van der Waals surface area contributed by atoms with Crippen LogP contribution in [-0.4, -0.2) is 53.7 Å². The molecule has 1 aromatic rings. The van der Waals surface area contributed by atoms with E-state index in [1.165, 1.54) is 24.6 Å². The summed E-state index contributed by atoms with van der Waals surface area (Å²) >= 11 is 0. The van der Waals surface area contributed by atoms with E-state index in [1.54, 1.807) is 19.2 Å². The molecule has 1 aromatic carbocycles. The van der Waals surface area contributed by atoms with E-state index >= 15 is 0 Å². The zero-order valence-corrected chi connectivity index (χ0v) is 15.0. The van der Waals surface area contributed by atoms with Crippen molar-refractivity contribution in [2.45, 2.75) is 24.7 Å². The molecule has 0 bridgehead atoms. The third kappa shape index (κ3) is 3.97. The maximum atomic E-state index is 13.0.